The molecule has 1 N–H and O–H groups in total. The largest absolute Gasteiger partial charge is 0.496 e. The van der Waals surface area contributed by atoms with Gasteiger partial charge in [-0.25, -0.2) is 0 Å². The Kier molecular flexibility index (Phi) is 5.40. The van der Waals surface area contributed by atoms with Gasteiger partial charge in [0.15, 0.2) is 0 Å². The topological polar surface area (TPSA) is 33.7 Å². The summed E-state index contributed by atoms with van der Waals surface area (Å²) in [5.74, 6) is 0.941. The van der Waals surface area contributed by atoms with E-state index < -0.39 is 0 Å². The lowest BCUT2D eigenvalue weighted by molar-refractivity contribution is 0.0805. The molecular formula is C16H26N2O2. The molecule has 4 heteroatoms. The predicted molar refractivity (Wildman–Crippen MR) is 81.2 cm³/mol. The second-order valence-electron chi connectivity index (χ2n) is 5.45. The summed E-state index contributed by atoms with van der Waals surface area (Å²) >= 11 is 0. The summed E-state index contributed by atoms with van der Waals surface area (Å²) in [5.41, 5.74) is 1.20. The van der Waals surface area contributed by atoms with Crippen LogP contribution in [0.15, 0.2) is 24.3 Å². The highest BCUT2D eigenvalue weighted by Gasteiger charge is 2.29. The Labute approximate surface area is 122 Å². The number of hydrogen-bond donors (Lipinski definition) is 1. The van der Waals surface area contributed by atoms with E-state index in [0.717, 1.165) is 25.3 Å². The molecular weight excluding hydrogens is 252 g/mol. The van der Waals surface area contributed by atoms with E-state index in [1.165, 1.54) is 5.56 Å². The third-order valence-corrected chi connectivity index (χ3v) is 4.24. The summed E-state index contributed by atoms with van der Waals surface area (Å²) in [6.45, 7) is 3.97. The molecule has 4 nitrogen and oxygen atoms in total. The molecule has 2 rings (SSSR count). The minimum Gasteiger partial charge on any atom is -0.496 e. The lowest BCUT2D eigenvalue weighted by Gasteiger charge is -2.31. The second-order valence-corrected chi connectivity index (χ2v) is 5.45. The molecule has 3 unspecified atom stereocenters. The molecule has 1 aromatic carbocycles. The number of methoxy groups -OCH3 is 1. The number of rotatable bonds is 6. The molecule has 0 bridgehead atoms. The van der Waals surface area contributed by atoms with Crippen LogP contribution in [0.25, 0.3) is 0 Å². The number of benzene rings is 1. The molecule has 0 amide bonds. The van der Waals surface area contributed by atoms with Gasteiger partial charge in [-0.05, 0) is 33.5 Å². The summed E-state index contributed by atoms with van der Waals surface area (Å²) < 4.78 is 11.1. The van der Waals surface area contributed by atoms with Crippen molar-refractivity contribution in [3.8, 4) is 5.75 Å². The standard InChI is InChI=1S/C16H26N2O2/c1-12-15(9-10-20-12)18(3)11-14(17-2)13-7-5-6-8-16(13)19-4/h5-8,12,14-15,17H,9-11H2,1-4H3. The number of hydrogen-bond acceptors (Lipinski definition) is 4. The summed E-state index contributed by atoms with van der Waals surface area (Å²) in [6.07, 6.45) is 1.43. The zero-order chi connectivity index (χ0) is 14.5. The van der Waals surface area contributed by atoms with Crippen molar-refractivity contribution in [2.24, 2.45) is 0 Å². The Bertz CT molecular complexity index is 425. The van der Waals surface area contributed by atoms with Crippen LogP contribution in [0.4, 0.5) is 0 Å². The first-order chi connectivity index (χ1) is 9.67. The van der Waals surface area contributed by atoms with Crippen molar-refractivity contribution >= 4 is 0 Å². The first-order valence-electron chi connectivity index (χ1n) is 7.29. The number of nitrogens with zero attached hydrogens (tertiary/aromatic N) is 1. The van der Waals surface area contributed by atoms with Crippen LogP contribution in [0.5, 0.6) is 5.75 Å². The molecule has 1 aromatic rings. The van der Waals surface area contributed by atoms with Crippen LogP contribution >= 0.6 is 0 Å². The monoisotopic (exact) mass is 278 g/mol. The van der Waals surface area contributed by atoms with E-state index in [1.807, 2.05) is 19.2 Å². The van der Waals surface area contributed by atoms with Gasteiger partial charge in [0.1, 0.15) is 5.75 Å². The molecule has 112 valence electrons. The van der Waals surface area contributed by atoms with Gasteiger partial charge in [0.25, 0.3) is 0 Å². The minimum absolute atomic E-state index is 0.254. The Morgan fingerprint density at radius 3 is 2.80 bits per heavy atom. The molecule has 0 spiro atoms. The third kappa shape index (κ3) is 3.32. The van der Waals surface area contributed by atoms with E-state index in [9.17, 15) is 0 Å². The molecule has 1 heterocycles. The van der Waals surface area contributed by atoms with Gasteiger partial charge >= 0.3 is 0 Å². The molecule has 0 radical (unpaired) electrons. The number of para-hydroxylation sites is 1. The van der Waals surface area contributed by atoms with Gasteiger partial charge in [-0.1, -0.05) is 18.2 Å². The fourth-order valence-corrected chi connectivity index (χ4v) is 3.02. The number of nitrogens with one attached hydrogen (secondary N) is 1. The zero-order valence-electron chi connectivity index (χ0n) is 12.9. The second kappa shape index (κ2) is 7.07. The number of likely N-dealkylation sites (N-methyl/N-ethyl adjacent to an activating group) is 2. The zero-order valence-corrected chi connectivity index (χ0v) is 12.9. The van der Waals surface area contributed by atoms with Crippen LogP contribution < -0.4 is 10.1 Å². The van der Waals surface area contributed by atoms with Gasteiger partial charge in [-0.15, -0.1) is 0 Å². The van der Waals surface area contributed by atoms with Gasteiger partial charge in [0.05, 0.1) is 13.2 Å². The fourth-order valence-electron chi connectivity index (χ4n) is 3.02. The molecule has 1 aliphatic rings. The van der Waals surface area contributed by atoms with Gasteiger partial charge in [0.2, 0.25) is 0 Å². The van der Waals surface area contributed by atoms with Crippen LogP contribution in [0.1, 0.15) is 24.9 Å². The Hall–Kier alpha value is -1.10. The Morgan fingerprint density at radius 2 is 2.20 bits per heavy atom. The Morgan fingerprint density at radius 1 is 1.45 bits per heavy atom. The van der Waals surface area contributed by atoms with Crippen LogP contribution in [-0.2, 0) is 4.74 Å². The average molecular weight is 278 g/mol. The van der Waals surface area contributed by atoms with E-state index in [0.29, 0.717) is 12.1 Å². The molecule has 3 atom stereocenters. The maximum Gasteiger partial charge on any atom is 0.123 e. The molecule has 0 aromatic heterocycles. The maximum atomic E-state index is 5.67. The summed E-state index contributed by atoms with van der Waals surface area (Å²) in [5, 5.41) is 3.40. The van der Waals surface area contributed by atoms with Crippen molar-refractivity contribution in [1.82, 2.24) is 10.2 Å². The molecule has 0 aliphatic carbocycles. The molecule has 1 fully saturated rings. The van der Waals surface area contributed by atoms with E-state index in [2.05, 4.69) is 36.3 Å². The van der Waals surface area contributed by atoms with Crippen LogP contribution in [-0.4, -0.2) is 51.4 Å². The first-order valence-corrected chi connectivity index (χ1v) is 7.29. The van der Waals surface area contributed by atoms with E-state index >= 15 is 0 Å². The smallest absolute Gasteiger partial charge is 0.123 e. The van der Waals surface area contributed by atoms with E-state index in [-0.39, 0.29) is 6.04 Å². The Balaban J connectivity index is 2.08. The van der Waals surface area contributed by atoms with Crippen molar-refractivity contribution in [1.29, 1.82) is 0 Å². The number of ether oxygens (including phenoxy) is 2. The van der Waals surface area contributed by atoms with Gasteiger partial charge in [0, 0.05) is 30.8 Å². The average Bonchev–Trinajstić information content (AvgIpc) is 2.90. The van der Waals surface area contributed by atoms with Crippen molar-refractivity contribution in [3.05, 3.63) is 29.8 Å². The van der Waals surface area contributed by atoms with Gasteiger partial charge in [-0.2, -0.15) is 0 Å². The lowest BCUT2D eigenvalue weighted by Crippen LogP contribution is -2.41. The maximum absolute atomic E-state index is 5.67. The van der Waals surface area contributed by atoms with Gasteiger partial charge < -0.3 is 14.8 Å². The molecule has 1 aliphatic heterocycles. The summed E-state index contributed by atoms with van der Waals surface area (Å²) in [7, 11) is 5.90. The lowest BCUT2D eigenvalue weighted by atomic mass is 10.0. The first kappa shape index (κ1) is 15.3. The normalized spacial score (nSPS) is 24.1. The summed E-state index contributed by atoms with van der Waals surface area (Å²) in [4.78, 5) is 2.39. The minimum atomic E-state index is 0.254. The third-order valence-electron chi connectivity index (χ3n) is 4.24. The molecule has 20 heavy (non-hydrogen) atoms. The van der Waals surface area contributed by atoms with Crippen LogP contribution in [0.3, 0.4) is 0 Å². The van der Waals surface area contributed by atoms with Crippen molar-refractivity contribution < 1.29 is 9.47 Å². The highest BCUT2D eigenvalue weighted by molar-refractivity contribution is 5.36. The predicted octanol–water partition coefficient (Wildman–Crippen LogP) is 2.06. The quantitative estimate of drug-likeness (QED) is 0.863. The van der Waals surface area contributed by atoms with Crippen molar-refractivity contribution in [2.75, 3.05) is 34.4 Å². The van der Waals surface area contributed by atoms with Crippen LogP contribution in [0.2, 0.25) is 0 Å². The molecule has 0 saturated carbocycles. The fraction of sp³-hybridized carbons (Fsp3) is 0.625. The SMILES string of the molecule is CNC(CN(C)C1CCOC1C)c1ccccc1OC. The van der Waals surface area contributed by atoms with Gasteiger partial charge in [-0.3, -0.25) is 4.90 Å². The highest BCUT2D eigenvalue weighted by Crippen LogP contribution is 2.27. The summed E-state index contributed by atoms with van der Waals surface area (Å²) in [6, 6.07) is 8.96. The highest BCUT2D eigenvalue weighted by atomic mass is 16.5. The van der Waals surface area contributed by atoms with E-state index in [4.69, 9.17) is 9.47 Å². The van der Waals surface area contributed by atoms with Crippen molar-refractivity contribution in [2.45, 2.75) is 31.5 Å². The van der Waals surface area contributed by atoms with E-state index in [1.54, 1.807) is 7.11 Å². The molecule has 1 saturated heterocycles. The van der Waals surface area contributed by atoms with Crippen molar-refractivity contribution in [3.63, 3.8) is 0 Å². The van der Waals surface area contributed by atoms with Crippen LogP contribution in [0, 0.1) is 0 Å².